The Labute approximate surface area is 160 Å². The van der Waals surface area contributed by atoms with Crippen LogP contribution in [0.15, 0.2) is 4.99 Å². The molecule has 6 nitrogen and oxygen atoms in total. The maximum Gasteiger partial charge on any atom is 0.191 e. The lowest BCUT2D eigenvalue weighted by molar-refractivity contribution is -0.0261. The summed E-state index contributed by atoms with van der Waals surface area (Å²) in [5, 5.41) is 6.84. The second-order valence-corrected chi connectivity index (χ2v) is 8.05. The fourth-order valence-electron chi connectivity index (χ4n) is 3.78. The lowest BCUT2D eigenvalue weighted by Gasteiger charge is -2.33. The molecule has 2 heterocycles. The molecule has 1 unspecified atom stereocenters. The Morgan fingerprint density at radius 3 is 2.65 bits per heavy atom. The summed E-state index contributed by atoms with van der Waals surface area (Å²) < 4.78 is 5.91. The number of hydrogen-bond donors (Lipinski definition) is 2. The number of hydrogen-bond acceptors (Lipinski definition) is 4. The summed E-state index contributed by atoms with van der Waals surface area (Å²) in [4.78, 5) is 9.85. The molecule has 26 heavy (non-hydrogen) atoms. The van der Waals surface area contributed by atoms with E-state index in [4.69, 9.17) is 9.73 Å². The van der Waals surface area contributed by atoms with Gasteiger partial charge in [-0.25, -0.2) is 0 Å². The van der Waals surface area contributed by atoms with Gasteiger partial charge in [0.05, 0.1) is 19.3 Å². The van der Waals surface area contributed by atoms with Crippen molar-refractivity contribution in [2.75, 3.05) is 65.5 Å². The van der Waals surface area contributed by atoms with Gasteiger partial charge in [-0.05, 0) is 58.2 Å². The van der Waals surface area contributed by atoms with Crippen LogP contribution in [0.1, 0.15) is 46.5 Å². The van der Waals surface area contributed by atoms with Crippen molar-refractivity contribution in [3.8, 4) is 0 Å². The molecule has 0 radical (unpaired) electrons. The van der Waals surface area contributed by atoms with Crippen molar-refractivity contribution in [2.24, 2.45) is 10.9 Å². The smallest absolute Gasteiger partial charge is 0.191 e. The number of morpholine rings is 1. The number of aliphatic imine (C=N–C) groups is 1. The average molecular weight is 368 g/mol. The van der Waals surface area contributed by atoms with E-state index < -0.39 is 0 Å². The summed E-state index contributed by atoms with van der Waals surface area (Å²) in [6.45, 7) is 17.2. The van der Waals surface area contributed by atoms with Crippen molar-refractivity contribution in [3.05, 3.63) is 0 Å². The van der Waals surface area contributed by atoms with Gasteiger partial charge in [0.1, 0.15) is 0 Å². The Kier molecular flexibility index (Phi) is 10.3. The lowest BCUT2D eigenvalue weighted by atomic mass is 10.2. The number of nitrogens with zero attached hydrogens (tertiary/aromatic N) is 3. The second-order valence-electron chi connectivity index (χ2n) is 8.05. The minimum atomic E-state index is 0.216. The fraction of sp³-hybridized carbons (Fsp3) is 0.950. The zero-order valence-electron chi connectivity index (χ0n) is 17.3. The summed E-state index contributed by atoms with van der Waals surface area (Å²) >= 11 is 0. The zero-order valence-corrected chi connectivity index (χ0v) is 17.3. The van der Waals surface area contributed by atoms with Gasteiger partial charge in [-0.1, -0.05) is 13.8 Å². The topological polar surface area (TPSA) is 52.1 Å². The summed E-state index contributed by atoms with van der Waals surface area (Å²) in [6.07, 6.45) is 5.44. The van der Waals surface area contributed by atoms with Crippen LogP contribution in [0.25, 0.3) is 0 Å². The number of nitrogens with one attached hydrogen (secondary N) is 2. The monoisotopic (exact) mass is 367 g/mol. The Hall–Kier alpha value is -0.850. The largest absolute Gasteiger partial charge is 0.374 e. The van der Waals surface area contributed by atoms with Crippen LogP contribution in [0.3, 0.4) is 0 Å². The van der Waals surface area contributed by atoms with E-state index >= 15 is 0 Å². The third-order valence-electron chi connectivity index (χ3n) is 5.04. The summed E-state index contributed by atoms with van der Waals surface area (Å²) in [5.41, 5.74) is 0. The van der Waals surface area contributed by atoms with Crippen molar-refractivity contribution < 1.29 is 4.74 Å². The number of rotatable bonds is 10. The van der Waals surface area contributed by atoms with E-state index in [0.29, 0.717) is 5.92 Å². The molecule has 0 bridgehead atoms. The van der Waals surface area contributed by atoms with Crippen molar-refractivity contribution in [1.29, 1.82) is 0 Å². The molecule has 0 spiro atoms. The van der Waals surface area contributed by atoms with Crippen LogP contribution < -0.4 is 10.6 Å². The first-order valence-corrected chi connectivity index (χ1v) is 10.8. The molecule has 6 heteroatoms. The number of unbranched alkanes of at least 4 members (excludes halogenated alkanes) is 1. The number of guanidine groups is 1. The minimum Gasteiger partial charge on any atom is -0.374 e. The van der Waals surface area contributed by atoms with Gasteiger partial charge < -0.3 is 20.3 Å². The normalized spacial score (nSPS) is 22.9. The molecule has 0 saturated carbocycles. The van der Waals surface area contributed by atoms with Crippen LogP contribution in [-0.2, 0) is 4.74 Å². The highest BCUT2D eigenvalue weighted by Gasteiger charge is 2.20. The van der Waals surface area contributed by atoms with E-state index in [-0.39, 0.29) is 6.10 Å². The van der Waals surface area contributed by atoms with Crippen LogP contribution in [0.4, 0.5) is 0 Å². The van der Waals surface area contributed by atoms with Crippen LogP contribution in [0, 0.1) is 5.92 Å². The highest BCUT2D eigenvalue weighted by atomic mass is 16.5. The molecule has 0 aromatic heterocycles. The highest BCUT2D eigenvalue weighted by molar-refractivity contribution is 5.79. The van der Waals surface area contributed by atoms with E-state index in [1.165, 1.54) is 45.3 Å². The van der Waals surface area contributed by atoms with Crippen molar-refractivity contribution in [2.45, 2.75) is 52.6 Å². The van der Waals surface area contributed by atoms with Crippen LogP contribution >= 0.6 is 0 Å². The SMILES string of the molecule is CCNC(=NCC1CN(CC(C)C)CCO1)NCCCCN1CCCC1. The summed E-state index contributed by atoms with van der Waals surface area (Å²) in [7, 11) is 0. The van der Waals surface area contributed by atoms with Crippen molar-refractivity contribution in [1.82, 2.24) is 20.4 Å². The Morgan fingerprint density at radius 2 is 1.92 bits per heavy atom. The van der Waals surface area contributed by atoms with Gasteiger partial charge in [-0.2, -0.15) is 0 Å². The molecule has 2 fully saturated rings. The third-order valence-corrected chi connectivity index (χ3v) is 5.04. The molecule has 0 amide bonds. The van der Waals surface area contributed by atoms with Gasteiger partial charge in [0.25, 0.3) is 0 Å². The Bertz CT molecular complexity index is 396. The molecule has 2 saturated heterocycles. The van der Waals surface area contributed by atoms with Crippen molar-refractivity contribution in [3.63, 3.8) is 0 Å². The average Bonchev–Trinajstić information content (AvgIpc) is 3.12. The molecular formula is C20H41N5O. The fourth-order valence-corrected chi connectivity index (χ4v) is 3.78. The van der Waals surface area contributed by atoms with Crippen LogP contribution in [0.2, 0.25) is 0 Å². The van der Waals surface area contributed by atoms with Crippen molar-refractivity contribution >= 4 is 5.96 Å². The molecule has 1 atom stereocenters. The first-order valence-electron chi connectivity index (χ1n) is 10.8. The molecule has 0 aliphatic carbocycles. The van der Waals surface area contributed by atoms with Gasteiger partial charge in [0.15, 0.2) is 5.96 Å². The van der Waals surface area contributed by atoms with Gasteiger partial charge in [-0.15, -0.1) is 0 Å². The molecule has 0 aromatic carbocycles. The molecule has 2 aliphatic rings. The first kappa shape index (κ1) is 21.5. The Morgan fingerprint density at radius 1 is 1.12 bits per heavy atom. The van der Waals surface area contributed by atoms with E-state index in [9.17, 15) is 0 Å². The summed E-state index contributed by atoms with van der Waals surface area (Å²) in [6, 6.07) is 0. The third kappa shape index (κ3) is 8.69. The Balaban J connectivity index is 1.64. The molecule has 0 aromatic rings. The zero-order chi connectivity index (χ0) is 18.6. The molecule has 152 valence electrons. The van der Waals surface area contributed by atoms with E-state index in [2.05, 4.69) is 41.2 Å². The summed E-state index contributed by atoms with van der Waals surface area (Å²) in [5.74, 6) is 1.63. The molecule has 2 N–H and O–H groups in total. The first-order chi connectivity index (χ1) is 12.7. The molecule has 2 rings (SSSR count). The molecular weight excluding hydrogens is 326 g/mol. The predicted molar refractivity (Wildman–Crippen MR) is 110 cm³/mol. The van der Waals surface area contributed by atoms with Crippen LogP contribution in [-0.4, -0.2) is 87.4 Å². The quantitative estimate of drug-likeness (QED) is 0.350. The maximum absolute atomic E-state index is 5.91. The molecule has 2 aliphatic heterocycles. The minimum absolute atomic E-state index is 0.216. The van der Waals surface area contributed by atoms with Gasteiger partial charge in [0.2, 0.25) is 0 Å². The van der Waals surface area contributed by atoms with E-state index in [1.54, 1.807) is 0 Å². The van der Waals surface area contributed by atoms with Gasteiger partial charge in [0, 0.05) is 32.7 Å². The van der Waals surface area contributed by atoms with Gasteiger partial charge in [-0.3, -0.25) is 9.89 Å². The van der Waals surface area contributed by atoms with E-state index in [0.717, 1.165) is 51.8 Å². The number of ether oxygens (including phenoxy) is 1. The second kappa shape index (κ2) is 12.5. The predicted octanol–water partition coefficient (Wildman–Crippen LogP) is 1.77. The van der Waals surface area contributed by atoms with Crippen LogP contribution in [0.5, 0.6) is 0 Å². The standard InChI is InChI=1S/C20H41N5O/c1-4-21-20(22-9-5-6-10-24-11-7-8-12-24)23-15-19-17-25(13-14-26-19)16-18(2)3/h18-19H,4-17H2,1-3H3,(H2,21,22,23). The highest BCUT2D eigenvalue weighted by Crippen LogP contribution is 2.09. The number of likely N-dealkylation sites (tertiary alicyclic amines) is 1. The lowest BCUT2D eigenvalue weighted by Crippen LogP contribution is -2.46. The maximum atomic E-state index is 5.91. The van der Waals surface area contributed by atoms with E-state index in [1.807, 2.05) is 0 Å². The van der Waals surface area contributed by atoms with Gasteiger partial charge >= 0.3 is 0 Å².